The quantitative estimate of drug-likeness (QED) is 0.615. The summed E-state index contributed by atoms with van der Waals surface area (Å²) in [5.41, 5.74) is 0.891. The summed E-state index contributed by atoms with van der Waals surface area (Å²) >= 11 is 3.64. The van der Waals surface area contributed by atoms with E-state index in [1.165, 1.54) is 19.2 Å². The van der Waals surface area contributed by atoms with Gasteiger partial charge in [0.2, 0.25) is 0 Å². The van der Waals surface area contributed by atoms with E-state index in [0.29, 0.717) is 6.54 Å². The van der Waals surface area contributed by atoms with Crippen molar-refractivity contribution >= 4 is 28.1 Å². The summed E-state index contributed by atoms with van der Waals surface area (Å²) in [6, 6.07) is 5.81. The molecule has 1 aromatic carbocycles. The van der Waals surface area contributed by atoms with E-state index in [9.17, 15) is 9.18 Å². The molecule has 2 atom stereocenters. The molecule has 0 fully saturated rings. The van der Waals surface area contributed by atoms with Crippen LogP contribution < -0.4 is 0 Å². The minimum Gasteiger partial charge on any atom is -0.467 e. The molecule has 0 bridgehead atoms. The molecule has 0 aromatic heterocycles. The Bertz CT molecular complexity index is 547. The molecular weight excluding hydrogens is 339 g/mol. The van der Waals surface area contributed by atoms with Crippen LogP contribution in [0.5, 0.6) is 0 Å². The van der Waals surface area contributed by atoms with E-state index in [1.807, 2.05) is 13.8 Å². The lowest BCUT2D eigenvalue weighted by Gasteiger charge is -2.29. The highest BCUT2D eigenvalue weighted by Gasteiger charge is 2.40. The van der Waals surface area contributed by atoms with Gasteiger partial charge in [-0.25, -0.2) is 9.18 Å². The smallest absolute Gasteiger partial charge is 0.330 e. The average molecular weight is 357 g/mol. The van der Waals surface area contributed by atoms with Crippen LogP contribution in [0.1, 0.15) is 19.4 Å². The molecule has 1 aliphatic rings. The third-order valence-electron chi connectivity index (χ3n) is 3.52. The number of rotatable bonds is 4. The Morgan fingerprint density at radius 3 is 2.57 bits per heavy atom. The van der Waals surface area contributed by atoms with Crippen molar-refractivity contribution in [1.82, 2.24) is 5.01 Å². The van der Waals surface area contributed by atoms with Gasteiger partial charge in [-0.2, -0.15) is 5.10 Å². The van der Waals surface area contributed by atoms with E-state index in [4.69, 9.17) is 4.74 Å². The van der Waals surface area contributed by atoms with Crippen LogP contribution in [0.25, 0.3) is 0 Å². The second-order valence-corrected chi connectivity index (χ2v) is 6.84. The molecule has 1 aromatic rings. The zero-order valence-electron chi connectivity index (χ0n) is 12.2. The SMILES string of the molecule is COC(=O)C(C(C)C)N1CC(Br)(c2ccc(F)cc2)C=N1. The fourth-order valence-corrected chi connectivity index (χ4v) is 3.02. The predicted molar refractivity (Wildman–Crippen MR) is 82.8 cm³/mol. The van der Waals surface area contributed by atoms with Gasteiger partial charge in [-0.3, -0.25) is 5.01 Å². The summed E-state index contributed by atoms with van der Waals surface area (Å²) in [7, 11) is 1.37. The van der Waals surface area contributed by atoms with Gasteiger partial charge in [0.25, 0.3) is 0 Å². The van der Waals surface area contributed by atoms with Crippen molar-refractivity contribution in [3.8, 4) is 0 Å². The third-order valence-corrected chi connectivity index (χ3v) is 4.44. The van der Waals surface area contributed by atoms with Crippen molar-refractivity contribution in [2.45, 2.75) is 24.2 Å². The van der Waals surface area contributed by atoms with Crippen LogP contribution in [-0.2, 0) is 13.9 Å². The largest absolute Gasteiger partial charge is 0.467 e. The highest BCUT2D eigenvalue weighted by Crippen LogP contribution is 2.36. The number of carbonyl (C=O) groups excluding carboxylic acids is 1. The van der Waals surface area contributed by atoms with Crippen molar-refractivity contribution < 1.29 is 13.9 Å². The fraction of sp³-hybridized carbons (Fsp3) is 0.467. The van der Waals surface area contributed by atoms with Gasteiger partial charge in [-0.15, -0.1) is 0 Å². The number of ether oxygens (including phenoxy) is 1. The molecule has 0 amide bonds. The van der Waals surface area contributed by atoms with Crippen molar-refractivity contribution in [2.24, 2.45) is 11.0 Å². The first-order valence-electron chi connectivity index (χ1n) is 6.72. The number of halogens is 2. The van der Waals surface area contributed by atoms with E-state index >= 15 is 0 Å². The number of carbonyl (C=O) groups is 1. The fourth-order valence-electron chi connectivity index (χ4n) is 2.40. The minimum atomic E-state index is -0.526. The molecular formula is C15H18BrFN2O2. The van der Waals surface area contributed by atoms with Crippen LogP contribution in [-0.4, -0.2) is 36.9 Å². The molecule has 2 unspecified atom stereocenters. The number of benzene rings is 1. The van der Waals surface area contributed by atoms with Gasteiger partial charge < -0.3 is 4.74 Å². The van der Waals surface area contributed by atoms with Gasteiger partial charge in [0.15, 0.2) is 0 Å². The zero-order chi connectivity index (χ0) is 15.6. The summed E-state index contributed by atoms with van der Waals surface area (Å²) in [5, 5.41) is 6.06. The maximum absolute atomic E-state index is 13.0. The maximum Gasteiger partial charge on any atom is 0.330 e. The van der Waals surface area contributed by atoms with Gasteiger partial charge in [0.1, 0.15) is 16.2 Å². The number of esters is 1. The molecule has 1 aliphatic heterocycles. The first-order chi connectivity index (χ1) is 9.87. The highest BCUT2D eigenvalue weighted by molar-refractivity contribution is 9.10. The molecule has 2 rings (SSSR count). The summed E-state index contributed by atoms with van der Waals surface area (Å²) in [4.78, 5) is 11.9. The maximum atomic E-state index is 13.0. The zero-order valence-corrected chi connectivity index (χ0v) is 13.8. The van der Waals surface area contributed by atoms with Crippen LogP contribution in [0.3, 0.4) is 0 Å². The first kappa shape index (κ1) is 15.9. The van der Waals surface area contributed by atoms with Gasteiger partial charge in [-0.05, 0) is 23.6 Å². The summed E-state index contributed by atoms with van der Waals surface area (Å²) < 4.78 is 17.4. The number of methoxy groups -OCH3 is 1. The second-order valence-electron chi connectivity index (χ2n) is 5.42. The van der Waals surface area contributed by atoms with Crippen molar-refractivity contribution in [1.29, 1.82) is 0 Å². The van der Waals surface area contributed by atoms with Crippen LogP contribution in [0, 0.1) is 11.7 Å². The number of hydrazone groups is 1. The summed E-state index contributed by atoms with van der Waals surface area (Å²) in [5.74, 6) is -0.521. The molecule has 0 spiro atoms. The van der Waals surface area contributed by atoms with Crippen LogP contribution >= 0.6 is 15.9 Å². The average Bonchev–Trinajstić information content (AvgIpc) is 2.82. The van der Waals surface area contributed by atoms with E-state index in [1.54, 1.807) is 23.4 Å². The Kier molecular flexibility index (Phi) is 4.66. The number of alkyl halides is 1. The molecule has 0 saturated heterocycles. The van der Waals surface area contributed by atoms with Gasteiger partial charge in [-0.1, -0.05) is 41.9 Å². The topological polar surface area (TPSA) is 41.9 Å². The van der Waals surface area contributed by atoms with E-state index in [2.05, 4.69) is 21.0 Å². The van der Waals surface area contributed by atoms with Crippen molar-refractivity contribution in [3.63, 3.8) is 0 Å². The number of hydrogen-bond donors (Lipinski definition) is 0. The second kappa shape index (κ2) is 6.13. The summed E-state index contributed by atoms with van der Waals surface area (Å²) in [6.45, 7) is 4.38. The lowest BCUT2D eigenvalue weighted by atomic mass is 9.99. The van der Waals surface area contributed by atoms with Gasteiger partial charge in [0, 0.05) is 6.21 Å². The molecule has 1 heterocycles. The Morgan fingerprint density at radius 1 is 1.43 bits per heavy atom. The molecule has 4 nitrogen and oxygen atoms in total. The summed E-state index contributed by atoms with van der Waals surface area (Å²) in [6.07, 6.45) is 1.73. The molecule has 21 heavy (non-hydrogen) atoms. The lowest BCUT2D eigenvalue weighted by Crippen LogP contribution is -2.43. The normalized spacial score (nSPS) is 22.7. The predicted octanol–water partition coefficient (Wildman–Crippen LogP) is 2.91. The number of hydrogen-bond acceptors (Lipinski definition) is 4. The van der Waals surface area contributed by atoms with Crippen LogP contribution in [0.15, 0.2) is 29.4 Å². The molecule has 0 radical (unpaired) electrons. The number of nitrogens with zero attached hydrogens (tertiary/aromatic N) is 2. The molecule has 6 heteroatoms. The Hall–Kier alpha value is -1.43. The molecule has 114 valence electrons. The van der Waals surface area contributed by atoms with Gasteiger partial charge in [0.05, 0.1) is 13.7 Å². The van der Waals surface area contributed by atoms with E-state index in [-0.39, 0.29) is 17.7 Å². The monoisotopic (exact) mass is 356 g/mol. The Morgan fingerprint density at radius 2 is 2.05 bits per heavy atom. The Balaban J connectivity index is 2.21. The standard InChI is InChI=1S/C15H18BrFN2O2/c1-10(2)13(14(20)21-3)19-9-15(16,8-18-19)11-4-6-12(17)7-5-11/h4-8,10,13H,9H2,1-3H3. The first-order valence-corrected chi connectivity index (χ1v) is 7.51. The van der Waals surface area contributed by atoms with Crippen molar-refractivity contribution in [2.75, 3.05) is 13.7 Å². The molecule has 0 saturated carbocycles. The van der Waals surface area contributed by atoms with E-state index in [0.717, 1.165) is 5.56 Å². The Labute approximate surface area is 132 Å². The highest BCUT2D eigenvalue weighted by atomic mass is 79.9. The lowest BCUT2D eigenvalue weighted by molar-refractivity contribution is -0.148. The van der Waals surface area contributed by atoms with Crippen LogP contribution in [0.2, 0.25) is 0 Å². The minimum absolute atomic E-state index is 0.0673. The van der Waals surface area contributed by atoms with E-state index < -0.39 is 10.4 Å². The molecule has 0 N–H and O–H groups in total. The molecule has 0 aliphatic carbocycles. The third kappa shape index (κ3) is 3.26. The van der Waals surface area contributed by atoms with Crippen LogP contribution in [0.4, 0.5) is 4.39 Å². The van der Waals surface area contributed by atoms with Crippen molar-refractivity contribution in [3.05, 3.63) is 35.6 Å². The van der Waals surface area contributed by atoms with Gasteiger partial charge >= 0.3 is 5.97 Å².